The largest absolute Gasteiger partial charge is 0.364 e. The molecule has 0 unspecified atom stereocenters. The van der Waals surface area contributed by atoms with Crippen molar-refractivity contribution in [1.82, 2.24) is 15.0 Å². The predicted octanol–water partition coefficient (Wildman–Crippen LogP) is 4.66. The first kappa shape index (κ1) is 17.9. The number of anilines is 3. The van der Waals surface area contributed by atoms with Gasteiger partial charge in [0.25, 0.3) is 0 Å². The molecule has 0 spiro atoms. The van der Waals surface area contributed by atoms with E-state index in [9.17, 15) is 0 Å². The summed E-state index contributed by atoms with van der Waals surface area (Å²) < 4.78 is 0. The summed E-state index contributed by atoms with van der Waals surface area (Å²) in [7, 11) is 0. The van der Waals surface area contributed by atoms with Crippen LogP contribution < -0.4 is 10.6 Å². The molecule has 1 aromatic carbocycles. The third kappa shape index (κ3) is 4.36. The average Bonchev–Trinajstić information content (AvgIpc) is 2.67. The van der Waals surface area contributed by atoms with Crippen molar-refractivity contribution in [3.63, 3.8) is 0 Å². The molecule has 26 heavy (non-hydrogen) atoms. The van der Waals surface area contributed by atoms with Gasteiger partial charge in [-0.05, 0) is 43.0 Å². The number of rotatable bonds is 7. The molecule has 134 valence electrons. The Balaban J connectivity index is 1.82. The van der Waals surface area contributed by atoms with Crippen LogP contribution in [0.4, 0.5) is 17.3 Å². The highest BCUT2D eigenvalue weighted by molar-refractivity contribution is 5.66. The van der Waals surface area contributed by atoms with Crippen LogP contribution in [0.1, 0.15) is 36.5 Å². The molecule has 3 aromatic rings. The van der Waals surface area contributed by atoms with Gasteiger partial charge in [0.1, 0.15) is 17.5 Å². The fourth-order valence-electron chi connectivity index (χ4n) is 2.94. The van der Waals surface area contributed by atoms with E-state index in [0.29, 0.717) is 6.54 Å². The molecule has 0 saturated heterocycles. The van der Waals surface area contributed by atoms with Gasteiger partial charge in [0.2, 0.25) is 0 Å². The zero-order valence-electron chi connectivity index (χ0n) is 15.6. The number of nitrogens with zero attached hydrogens (tertiary/aromatic N) is 3. The number of para-hydroxylation sites is 1. The molecule has 0 bridgehead atoms. The summed E-state index contributed by atoms with van der Waals surface area (Å²) >= 11 is 0. The smallest absolute Gasteiger partial charge is 0.136 e. The van der Waals surface area contributed by atoms with Gasteiger partial charge in [-0.3, -0.25) is 4.98 Å². The van der Waals surface area contributed by atoms with E-state index in [4.69, 9.17) is 0 Å². The topological polar surface area (TPSA) is 62.7 Å². The van der Waals surface area contributed by atoms with Crippen LogP contribution in [0.5, 0.6) is 0 Å². The minimum absolute atomic E-state index is 0.627. The van der Waals surface area contributed by atoms with Gasteiger partial charge in [-0.15, -0.1) is 0 Å². The quantitative estimate of drug-likeness (QED) is 0.651. The Morgan fingerprint density at radius 1 is 0.885 bits per heavy atom. The minimum atomic E-state index is 0.627. The van der Waals surface area contributed by atoms with Crippen molar-refractivity contribution in [3.8, 4) is 0 Å². The normalized spacial score (nSPS) is 10.6. The van der Waals surface area contributed by atoms with Crippen LogP contribution >= 0.6 is 0 Å². The Labute approximate surface area is 154 Å². The molecule has 5 nitrogen and oxygen atoms in total. The summed E-state index contributed by atoms with van der Waals surface area (Å²) in [5.41, 5.74) is 4.72. The van der Waals surface area contributed by atoms with Crippen molar-refractivity contribution >= 4 is 17.3 Å². The molecule has 0 fully saturated rings. The lowest BCUT2D eigenvalue weighted by Gasteiger charge is -2.16. The van der Waals surface area contributed by atoms with E-state index in [2.05, 4.69) is 57.6 Å². The highest BCUT2D eigenvalue weighted by atomic mass is 15.1. The van der Waals surface area contributed by atoms with Crippen molar-refractivity contribution in [2.45, 2.75) is 40.2 Å². The standard InChI is InChI=1S/C21H25N5/c1-4-16-9-8-10-17(5-2)21(16)26-20-13-19(24-15(3)25-20)23-14-18-11-6-7-12-22-18/h6-13H,4-5,14H2,1-3H3,(H2,23,24,25,26). The van der Waals surface area contributed by atoms with Crippen LogP contribution in [0.15, 0.2) is 48.7 Å². The van der Waals surface area contributed by atoms with Gasteiger partial charge in [0.15, 0.2) is 0 Å². The summed E-state index contributed by atoms with van der Waals surface area (Å²) in [5.74, 6) is 2.32. The number of aryl methyl sites for hydroxylation is 3. The third-order valence-corrected chi connectivity index (χ3v) is 4.27. The second-order valence-electron chi connectivity index (χ2n) is 6.14. The molecule has 2 heterocycles. The van der Waals surface area contributed by atoms with E-state index >= 15 is 0 Å². The molecule has 3 rings (SSSR count). The fraction of sp³-hybridized carbons (Fsp3) is 0.286. The molecule has 2 N–H and O–H groups in total. The fourth-order valence-corrected chi connectivity index (χ4v) is 2.94. The summed E-state index contributed by atoms with van der Waals surface area (Å²) in [6.07, 6.45) is 3.75. The molecule has 5 heteroatoms. The maximum atomic E-state index is 4.56. The van der Waals surface area contributed by atoms with Crippen LogP contribution in [0.3, 0.4) is 0 Å². The molecule has 0 radical (unpaired) electrons. The Bertz CT molecular complexity index is 839. The van der Waals surface area contributed by atoms with Gasteiger partial charge in [0, 0.05) is 18.0 Å². The van der Waals surface area contributed by atoms with Crippen LogP contribution in [0.2, 0.25) is 0 Å². The van der Waals surface area contributed by atoms with Crippen molar-refractivity contribution in [1.29, 1.82) is 0 Å². The summed E-state index contributed by atoms with van der Waals surface area (Å²) in [5, 5.41) is 6.85. The van der Waals surface area contributed by atoms with Crippen LogP contribution in [-0.2, 0) is 19.4 Å². The maximum absolute atomic E-state index is 4.56. The molecular formula is C21H25N5. The monoisotopic (exact) mass is 347 g/mol. The lowest BCUT2D eigenvalue weighted by Crippen LogP contribution is -2.07. The van der Waals surface area contributed by atoms with E-state index in [1.165, 1.54) is 11.1 Å². The minimum Gasteiger partial charge on any atom is -0.364 e. The molecular weight excluding hydrogens is 322 g/mol. The maximum Gasteiger partial charge on any atom is 0.136 e. The van der Waals surface area contributed by atoms with Gasteiger partial charge < -0.3 is 10.6 Å². The highest BCUT2D eigenvalue weighted by Crippen LogP contribution is 2.26. The van der Waals surface area contributed by atoms with E-state index < -0.39 is 0 Å². The highest BCUT2D eigenvalue weighted by Gasteiger charge is 2.09. The van der Waals surface area contributed by atoms with Crippen molar-refractivity contribution in [2.24, 2.45) is 0 Å². The van der Waals surface area contributed by atoms with Crippen LogP contribution in [0, 0.1) is 6.92 Å². The summed E-state index contributed by atoms with van der Waals surface area (Å²) in [6, 6.07) is 14.3. The van der Waals surface area contributed by atoms with Crippen molar-refractivity contribution in [2.75, 3.05) is 10.6 Å². The lowest BCUT2D eigenvalue weighted by molar-refractivity contribution is 0.994. The number of pyridine rings is 1. The Hall–Kier alpha value is -2.95. The molecule has 0 atom stereocenters. The lowest BCUT2D eigenvalue weighted by atomic mass is 10.0. The number of hydrogen-bond donors (Lipinski definition) is 2. The summed E-state index contributed by atoms with van der Waals surface area (Å²) in [6.45, 7) is 6.88. The van der Waals surface area contributed by atoms with Gasteiger partial charge >= 0.3 is 0 Å². The van der Waals surface area contributed by atoms with Gasteiger partial charge in [-0.1, -0.05) is 38.1 Å². The first-order chi connectivity index (χ1) is 12.7. The number of hydrogen-bond acceptors (Lipinski definition) is 5. The third-order valence-electron chi connectivity index (χ3n) is 4.27. The molecule has 0 aliphatic heterocycles. The zero-order chi connectivity index (χ0) is 18.4. The van der Waals surface area contributed by atoms with Crippen molar-refractivity contribution < 1.29 is 0 Å². The molecule has 2 aromatic heterocycles. The van der Waals surface area contributed by atoms with Crippen LogP contribution in [-0.4, -0.2) is 15.0 Å². The predicted molar refractivity (Wildman–Crippen MR) is 107 cm³/mol. The van der Waals surface area contributed by atoms with E-state index in [1.807, 2.05) is 31.2 Å². The van der Waals surface area contributed by atoms with Crippen molar-refractivity contribution in [3.05, 3.63) is 71.3 Å². The van der Waals surface area contributed by atoms with Crippen LogP contribution in [0.25, 0.3) is 0 Å². The molecule has 0 amide bonds. The number of benzene rings is 1. The SMILES string of the molecule is CCc1cccc(CC)c1Nc1cc(NCc2ccccn2)nc(C)n1. The average molecular weight is 347 g/mol. The van der Waals surface area contributed by atoms with E-state index in [0.717, 1.165) is 41.7 Å². The van der Waals surface area contributed by atoms with Gasteiger partial charge in [0.05, 0.1) is 12.2 Å². The number of aromatic nitrogens is 3. The number of nitrogens with one attached hydrogen (secondary N) is 2. The van der Waals surface area contributed by atoms with E-state index in [-0.39, 0.29) is 0 Å². The Morgan fingerprint density at radius 2 is 1.62 bits per heavy atom. The zero-order valence-corrected chi connectivity index (χ0v) is 15.6. The molecule has 0 saturated carbocycles. The second-order valence-corrected chi connectivity index (χ2v) is 6.14. The first-order valence-corrected chi connectivity index (χ1v) is 9.06. The molecule has 0 aliphatic rings. The van der Waals surface area contributed by atoms with Gasteiger partial charge in [-0.2, -0.15) is 0 Å². The van der Waals surface area contributed by atoms with E-state index in [1.54, 1.807) is 6.20 Å². The van der Waals surface area contributed by atoms with Gasteiger partial charge in [-0.25, -0.2) is 9.97 Å². The Morgan fingerprint density at radius 3 is 2.27 bits per heavy atom. The molecule has 0 aliphatic carbocycles. The Kier molecular flexibility index (Phi) is 5.79. The first-order valence-electron chi connectivity index (χ1n) is 9.06. The summed E-state index contributed by atoms with van der Waals surface area (Å²) in [4.78, 5) is 13.4. The second kappa shape index (κ2) is 8.43.